The zero-order chi connectivity index (χ0) is 19.0. The number of para-hydroxylation sites is 1. The van der Waals surface area contributed by atoms with E-state index in [-0.39, 0.29) is 5.91 Å². The van der Waals surface area contributed by atoms with E-state index in [0.717, 1.165) is 22.4 Å². The molecule has 1 aliphatic heterocycles. The minimum atomic E-state index is 0.134. The van der Waals surface area contributed by atoms with E-state index in [1.165, 1.54) is 0 Å². The van der Waals surface area contributed by atoms with Gasteiger partial charge in [-0.15, -0.1) is 0 Å². The van der Waals surface area contributed by atoms with Crippen molar-refractivity contribution in [2.75, 3.05) is 31.1 Å². The summed E-state index contributed by atoms with van der Waals surface area (Å²) in [5.41, 5.74) is 2.19. The lowest BCUT2D eigenvalue weighted by molar-refractivity contribution is -0.132. The van der Waals surface area contributed by atoms with E-state index in [0.29, 0.717) is 42.8 Å². The van der Waals surface area contributed by atoms with E-state index in [1.807, 2.05) is 24.0 Å². The molecule has 140 valence electrons. The number of nitrogens with zero attached hydrogens (tertiary/aromatic N) is 4. The number of anilines is 1. The number of carbonyl (C=O) groups excluding carboxylic acids is 1. The summed E-state index contributed by atoms with van der Waals surface area (Å²) >= 11 is 12.2. The second-order valence-electron chi connectivity index (χ2n) is 6.76. The summed E-state index contributed by atoms with van der Waals surface area (Å²) in [5.74, 6) is 0.856. The molecular weight excluding hydrogens is 383 g/mol. The number of pyridine rings is 1. The highest BCUT2D eigenvalue weighted by atomic mass is 35.5. The fraction of sp³-hybridized carbons (Fsp3) is 0.300. The van der Waals surface area contributed by atoms with E-state index >= 15 is 0 Å². The molecule has 2 aromatic heterocycles. The topological polar surface area (TPSA) is 41.4 Å². The molecule has 3 heterocycles. The van der Waals surface area contributed by atoms with Gasteiger partial charge in [0.25, 0.3) is 0 Å². The van der Waals surface area contributed by atoms with Crippen molar-refractivity contribution in [3.63, 3.8) is 0 Å². The number of fused-ring (bicyclic) bond motifs is 1. The van der Waals surface area contributed by atoms with Crippen LogP contribution in [0.25, 0.3) is 10.9 Å². The molecule has 0 bridgehead atoms. The molecule has 1 saturated heterocycles. The van der Waals surface area contributed by atoms with Gasteiger partial charge in [0.15, 0.2) is 0 Å². The average molecular weight is 403 g/mol. The number of benzene rings is 1. The Morgan fingerprint density at radius 2 is 1.85 bits per heavy atom. The van der Waals surface area contributed by atoms with Gasteiger partial charge in [-0.3, -0.25) is 4.79 Å². The van der Waals surface area contributed by atoms with Crippen LogP contribution in [0.3, 0.4) is 0 Å². The zero-order valence-corrected chi connectivity index (χ0v) is 16.5. The largest absolute Gasteiger partial charge is 0.352 e. The van der Waals surface area contributed by atoms with Crippen molar-refractivity contribution in [3.05, 3.63) is 58.3 Å². The second kappa shape index (κ2) is 7.41. The van der Waals surface area contributed by atoms with Crippen LogP contribution >= 0.6 is 23.2 Å². The fourth-order valence-corrected chi connectivity index (χ4v) is 4.10. The fourth-order valence-electron chi connectivity index (χ4n) is 3.60. The minimum Gasteiger partial charge on any atom is -0.352 e. The van der Waals surface area contributed by atoms with Gasteiger partial charge in [0.05, 0.1) is 10.0 Å². The second-order valence-corrected chi connectivity index (χ2v) is 7.60. The molecule has 1 aliphatic rings. The molecule has 0 spiro atoms. The lowest BCUT2D eigenvalue weighted by atomic mass is 10.2. The summed E-state index contributed by atoms with van der Waals surface area (Å²) in [4.78, 5) is 21.2. The number of aryl methyl sites for hydroxylation is 1. The van der Waals surface area contributed by atoms with E-state index < -0.39 is 0 Å². The maximum absolute atomic E-state index is 12.8. The molecule has 0 unspecified atom stereocenters. The van der Waals surface area contributed by atoms with Crippen molar-refractivity contribution in [1.29, 1.82) is 0 Å². The van der Waals surface area contributed by atoms with Crippen LogP contribution in [-0.2, 0) is 11.3 Å². The van der Waals surface area contributed by atoms with Crippen LogP contribution < -0.4 is 4.90 Å². The predicted molar refractivity (Wildman–Crippen MR) is 110 cm³/mol. The number of hydrogen-bond acceptors (Lipinski definition) is 3. The number of piperazine rings is 1. The van der Waals surface area contributed by atoms with Crippen molar-refractivity contribution in [2.45, 2.75) is 13.5 Å². The third-order valence-electron chi connectivity index (χ3n) is 5.03. The van der Waals surface area contributed by atoms with Crippen molar-refractivity contribution in [1.82, 2.24) is 14.5 Å². The Kier molecular flexibility index (Phi) is 4.98. The van der Waals surface area contributed by atoms with E-state index in [4.69, 9.17) is 23.2 Å². The van der Waals surface area contributed by atoms with Crippen LogP contribution in [0, 0.1) is 6.92 Å². The van der Waals surface area contributed by atoms with Gasteiger partial charge in [-0.05, 0) is 30.5 Å². The molecule has 1 amide bonds. The zero-order valence-electron chi connectivity index (χ0n) is 15.0. The first-order chi connectivity index (χ1) is 13.0. The molecular formula is C20H20Cl2N4O. The molecule has 0 N–H and O–H groups in total. The van der Waals surface area contributed by atoms with Crippen molar-refractivity contribution in [3.8, 4) is 0 Å². The lowest BCUT2D eigenvalue weighted by Gasteiger charge is -2.36. The molecule has 27 heavy (non-hydrogen) atoms. The van der Waals surface area contributed by atoms with Crippen LogP contribution in [0.1, 0.15) is 5.69 Å². The van der Waals surface area contributed by atoms with Crippen molar-refractivity contribution < 1.29 is 4.79 Å². The molecule has 0 atom stereocenters. The quantitative estimate of drug-likeness (QED) is 0.664. The van der Waals surface area contributed by atoms with Gasteiger partial charge in [0, 0.05) is 43.6 Å². The molecule has 1 aromatic carbocycles. The van der Waals surface area contributed by atoms with Gasteiger partial charge >= 0.3 is 0 Å². The minimum absolute atomic E-state index is 0.134. The summed E-state index contributed by atoms with van der Waals surface area (Å²) in [5, 5.41) is 2.22. The first-order valence-electron chi connectivity index (χ1n) is 8.91. The monoisotopic (exact) mass is 402 g/mol. The van der Waals surface area contributed by atoms with Gasteiger partial charge in [-0.25, -0.2) is 4.98 Å². The molecule has 0 saturated carbocycles. The number of aromatic nitrogens is 2. The van der Waals surface area contributed by atoms with Crippen LogP contribution in [0.4, 0.5) is 5.82 Å². The predicted octanol–water partition coefficient (Wildman–Crippen LogP) is 4.00. The average Bonchev–Trinajstić information content (AvgIpc) is 2.97. The molecule has 5 nitrogen and oxygen atoms in total. The first kappa shape index (κ1) is 18.1. The highest BCUT2D eigenvalue weighted by Gasteiger charge is 2.24. The maximum Gasteiger partial charge on any atom is 0.242 e. The number of hydrogen-bond donors (Lipinski definition) is 0. The van der Waals surface area contributed by atoms with Crippen LogP contribution in [0.2, 0.25) is 10.0 Å². The van der Waals surface area contributed by atoms with Crippen molar-refractivity contribution in [2.24, 2.45) is 0 Å². The first-order valence-corrected chi connectivity index (χ1v) is 9.67. The summed E-state index contributed by atoms with van der Waals surface area (Å²) < 4.78 is 2.08. The highest BCUT2D eigenvalue weighted by molar-refractivity contribution is 6.36. The Hall–Kier alpha value is -2.24. The molecule has 4 rings (SSSR count). The Balaban J connectivity index is 1.43. The van der Waals surface area contributed by atoms with Crippen LogP contribution in [0.15, 0.2) is 42.6 Å². The Bertz CT molecular complexity index is 993. The Labute approximate surface area is 168 Å². The van der Waals surface area contributed by atoms with Gasteiger partial charge in [-0.1, -0.05) is 41.4 Å². The van der Waals surface area contributed by atoms with Gasteiger partial charge < -0.3 is 14.4 Å². The Morgan fingerprint density at radius 1 is 1.11 bits per heavy atom. The van der Waals surface area contributed by atoms with Crippen molar-refractivity contribution >= 4 is 45.8 Å². The van der Waals surface area contributed by atoms with Gasteiger partial charge in [0.1, 0.15) is 12.4 Å². The van der Waals surface area contributed by atoms with Crippen LogP contribution in [0.5, 0.6) is 0 Å². The number of amides is 1. The Morgan fingerprint density at radius 3 is 2.59 bits per heavy atom. The number of halogens is 2. The SMILES string of the molecule is Cc1cc2ccccc2n1CC(=O)N1CCN(c2ncc(Cl)cc2Cl)CC1. The number of rotatable bonds is 3. The molecule has 3 aromatic rings. The normalized spacial score (nSPS) is 14.8. The summed E-state index contributed by atoms with van der Waals surface area (Å²) in [6.07, 6.45) is 1.60. The third kappa shape index (κ3) is 3.62. The standard InChI is InChI=1S/C20H20Cl2N4O/c1-14-10-15-4-2-3-5-18(15)26(14)13-19(27)24-6-8-25(9-7-24)20-17(22)11-16(21)12-23-20/h2-5,10-12H,6-9,13H2,1H3. The van der Waals surface area contributed by atoms with E-state index in [1.54, 1.807) is 12.3 Å². The molecule has 1 fully saturated rings. The molecule has 0 radical (unpaired) electrons. The van der Waals surface area contributed by atoms with Crippen LogP contribution in [-0.4, -0.2) is 46.5 Å². The lowest BCUT2D eigenvalue weighted by Crippen LogP contribution is -2.50. The summed E-state index contributed by atoms with van der Waals surface area (Å²) in [6.45, 7) is 5.10. The van der Waals surface area contributed by atoms with E-state index in [2.05, 4.69) is 32.7 Å². The maximum atomic E-state index is 12.8. The molecule has 0 aliphatic carbocycles. The van der Waals surface area contributed by atoms with Gasteiger partial charge in [0.2, 0.25) is 5.91 Å². The number of carbonyl (C=O) groups is 1. The van der Waals surface area contributed by atoms with E-state index in [9.17, 15) is 4.79 Å². The van der Waals surface area contributed by atoms with Gasteiger partial charge in [-0.2, -0.15) is 0 Å². The molecule has 7 heteroatoms. The summed E-state index contributed by atoms with van der Waals surface area (Å²) in [6, 6.07) is 12.0. The smallest absolute Gasteiger partial charge is 0.242 e. The summed E-state index contributed by atoms with van der Waals surface area (Å²) in [7, 11) is 0. The third-order valence-corrected chi connectivity index (χ3v) is 5.52. The highest BCUT2D eigenvalue weighted by Crippen LogP contribution is 2.27.